The lowest BCUT2D eigenvalue weighted by Gasteiger charge is -2.08. The van der Waals surface area contributed by atoms with E-state index in [1.807, 2.05) is 25.2 Å². The highest BCUT2D eigenvalue weighted by molar-refractivity contribution is 4.92. The minimum absolute atomic E-state index is 0.171. The minimum Gasteiger partial charge on any atom is -0.387 e. The van der Waals surface area contributed by atoms with Crippen LogP contribution in [0.5, 0.6) is 0 Å². The molecular weight excluding hydrogens is 198 g/mol. The average molecular weight is 225 g/mol. The minimum atomic E-state index is -0.493. The molecule has 0 radical (unpaired) electrons. The Kier molecular flexibility index (Phi) is 10.5. The zero-order chi connectivity index (χ0) is 12.2. The van der Waals surface area contributed by atoms with Crippen LogP contribution >= 0.6 is 0 Å². The van der Waals surface area contributed by atoms with Crippen molar-refractivity contribution in [3.05, 3.63) is 24.8 Å². The number of allylic oxidation sites excluding steroid dienone is 2. The first-order valence-electron chi connectivity index (χ1n) is 6.39. The van der Waals surface area contributed by atoms with Crippen LogP contribution in [0.4, 0.5) is 0 Å². The molecule has 0 spiro atoms. The van der Waals surface area contributed by atoms with Crippen molar-refractivity contribution < 1.29 is 5.11 Å². The zero-order valence-electron chi connectivity index (χ0n) is 10.6. The molecule has 0 saturated carbocycles. The molecule has 3 N–H and O–H groups in total. The lowest BCUT2D eigenvalue weighted by Crippen LogP contribution is -2.29. The number of unbranched alkanes of at least 4 members (excludes halogenated alkanes) is 6. The molecule has 0 aromatic heterocycles. The smallest absolute Gasteiger partial charge is 0.0869 e. The first kappa shape index (κ1) is 15.4. The molecule has 0 aromatic carbocycles. The Morgan fingerprint density at radius 2 is 1.69 bits per heavy atom. The first-order chi connectivity index (χ1) is 7.68. The number of hydrogen-bond donors (Lipinski definition) is 2. The molecule has 2 heteroatoms. The third-order valence-electron chi connectivity index (χ3n) is 2.65. The van der Waals surface area contributed by atoms with E-state index < -0.39 is 6.10 Å². The molecule has 0 heterocycles. The van der Waals surface area contributed by atoms with Gasteiger partial charge in [0.05, 0.1) is 6.10 Å². The maximum absolute atomic E-state index is 9.41. The molecule has 2 nitrogen and oxygen atoms in total. The van der Waals surface area contributed by atoms with Gasteiger partial charge in [-0.15, -0.1) is 6.58 Å². The van der Waals surface area contributed by atoms with E-state index in [-0.39, 0.29) is 6.04 Å². The molecule has 0 aromatic rings. The second-order valence-corrected chi connectivity index (χ2v) is 4.41. The second kappa shape index (κ2) is 10.9. The number of hydrogen-bond acceptors (Lipinski definition) is 2. The molecule has 0 saturated heterocycles. The van der Waals surface area contributed by atoms with Crippen LogP contribution in [0.25, 0.3) is 0 Å². The van der Waals surface area contributed by atoms with Crippen molar-refractivity contribution in [1.29, 1.82) is 0 Å². The quantitative estimate of drug-likeness (QED) is 0.443. The van der Waals surface area contributed by atoms with Crippen LogP contribution in [0.1, 0.15) is 51.9 Å². The van der Waals surface area contributed by atoms with Gasteiger partial charge in [-0.1, -0.05) is 37.5 Å². The topological polar surface area (TPSA) is 46.2 Å². The van der Waals surface area contributed by atoms with Crippen LogP contribution in [0.3, 0.4) is 0 Å². The van der Waals surface area contributed by atoms with E-state index in [9.17, 15) is 5.11 Å². The van der Waals surface area contributed by atoms with Gasteiger partial charge in [0.25, 0.3) is 0 Å². The van der Waals surface area contributed by atoms with Gasteiger partial charge in [0.1, 0.15) is 0 Å². The van der Waals surface area contributed by atoms with Crippen molar-refractivity contribution in [2.24, 2.45) is 5.73 Å². The number of rotatable bonds is 10. The monoisotopic (exact) mass is 225 g/mol. The lowest BCUT2D eigenvalue weighted by atomic mass is 10.1. The van der Waals surface area contributed by atoms with Crippen LogP contribution in [0.15, 0.2) is 24.8 Å². The highest BCUT2D eigenvalue weighted by Gasteiger charge is 2.02. The van der Waals surface area contributed by atoms with E-state index in [1.165, 1.54) is 32.1 Å². The summed E-state index contributed by atoms with van der Waals surface area (Å²) in [6, 6.07) is -0.171. The third kappa shape index (κ3) is 9.94. The van der Waals surface area contributed by atoms with Gasteiger partial charge in [-0.3, -0.25) is 0 Å². The predicted octanol–water partition coefficient (Wildman–Crippen LogP) is 3.17. The summed E-state index contributed by atoms with van der Waals surface area (Å²) in [6.07, 6.45) is 13.9. The Morgan fingerprint density at radius 3 is 2.25 bits per heavy atom. The van der Waals surface area contributed by atoms with E-state index >= 15 is 0 Å². The molecular formula is C14H27NO. The van der Waals surface area contributed by atoms with Gasteiger partial charge in [0.15, 0.2) is 0 Å². The second-order valence-electron chi connectivity index (χ2n) is 4.41. The number of nitrogens with two attached hydrogens (primary N) is 1. The molecule has 0 rings (SSSR count). The zero-order valence-corrected chi connectivity index (χ0v) is 10.6. The summed E-state index contributed by atoms with van der Waals surface area (Å²) >= 11 is 0. The molecule has 0 aliphatic carbocycles. The summed E-state index contributed by atoms with van der Waals surface area (Å²) in [5, 5.41) is 9.41. The summed E-state index contributed by atoms with van der Waals surface area (Å²) in [7, 11) is 0. The van der Waals surface area contributed by atoms with Crippen molar-refractivity contribution in [2.75, 3.05) is 0 Å². The van der Waals surface area contributed by atoms with Crippen LogP contribution in [-0.4, -0.2) is 17.3 Å². The molecule has 0 aliphatic rings. The molecule has 0 amide bonds. The van der Waals surface area contributed by atoms with Crippen LogP contribution in [0.2, 0.25) is 0 Å². The van der Waals surface area contributed by atoms with Crippen LogP contribution in [-0.2, 0) is 0 Å². The van der Waals surface area contributed by atoms with Crippen LogP contribution in [0, 0.1) is 0 Å². The first-order valence-corrected chi connectivity index (χ1v) is 6.39. The van der Waals surface area contributed by atoms with E-state index in [1.54, 1.807) is 0 Å². The van der Waals surface area contributed by atoms with Gasteiger partial charge in [-0.05, 0) is 32.6 Å². The fourth-order valence-electron chi connectivity index (χ4n) is 1.49. The molecule has 94 valence electrons. The predicted molar refractivity (Wildman–Crippen MR) is 71.3 cm³/mol. The van der Waals surface area contributed by atoms with Crippen molar-refractivity contribution in [3.8, 4) is 0 Å². The third-order valence-corrected chi connectivity index (χ3v) is 2.65. The highest BCUT2D eigenvalue weighted by Crippen LogP contribution is 2.08. The highest BCUT2D eigenvalue weighted by atomic mass is 16.3. The largest absolute Gasteiger partial charge is 0.387 e. The van der Waals surface area contributed by atoms with Gasteiger partial charge in [0, 0.05) is 6.04 Å². The average Bonchev–Trinajstić information content (AvgIpc) is 2.26. The van der Waals surface area contributed by atoms with Crippen molar-refractivity contribution >= 4 is 0 Å². The van der Waals surface area contributed by atoms with E-state index in [0.29, 0.717) is 0 Å². The summed E-state index contributed by atoms with van der Waals surface area (Å²) in [6.45, 7) is 5.52. The van der Waals surface area contributed by atoms with Gasteiger partial charge in [-0.25, -0.2) is 0 Å². The maximum atomic E-state index is 9.41. The van der Waals surface area contributed by atoms with Gasteiger partial charge < -0.3 is 10.8 Å². The summed E-state index contributed by atoms with van der Waals surface area (Å²) in [5.74, 6) is 0. The Balaban J connectivity index is 3.23. The van der Waals surface area contributed by atoms with Crippen molar-refractivity contribution in [3.63, 3.8) is 0 Å². The standard InChI is InChI=1S/C14H27NO/c1-3-4-5-6-7-8-9-10-11-12-14(16)13(2)15/h3,11-14,16H,1,4-10,15H2,2H3/b12-11+. The summed E-state index contributed by atoms with van der Waals surface area (Å²) in [4.78, 5) is 0. The van der Waals surface area contributed by atoms with Gasteiger partial charge >= 0.3 is 0 Å². The Hall–Kier alpha value is -0.600. The fourth-order valence-corrected chi connectivity index (χ4v) is 1.49. The molecule has 0 aliphatic heterocycles. The molecule has 0 fully saturated rings. The molecule has 2 unspecified atom stereocenters. The van der Waals surface area contributed by atoms with Gasteiger partial charge in [-0.2, -0.15) is 0 Å². The summed E-state index contributed by atoms with van der Waals surface area (Å²) in [5.41, 5.74) is 5.54. The summed E-state index contributed by atoms with van der Waals surface area (Å²) < 4.78 is 0. The molecule has 16 heavy (non-hydrogen) atoms. The number of aliphatic hydroxyl groups is 1. The van der Waals surface area contributed by atoms with Gasteiger partial charge in [0.2, 0.25) is 0 Å². The SMILES string of the molecule is C=CCCCCCCC/C=C/C(O)C(C)N. The lowest BCUT2D eigenvalue weighted by molar-refractivity contribution is 0.198. The number of aliphatic hydroxyl groups excluding tert-OH is 1. The van der Waals surface area contributed by atoms with Crippen molar-refractivity contribution in [2.45, 2.75) is 64.0 Å². The normalized spacial score (nSPS) is 15.2. The fraction of sp³-hybridized carbons (Fsp3) is 0.714. The maximum Gasteiger partial charge on any atom is 0.0869 e. The Bertz CT molecular complexity index is 187. The Labute approximate surface area is 100 Å². The van der Waals surface area contributed by atoms with Crippen molar-refractivity contribution in [1.82, 2.24) is 0 Å². The molecule has 2 atom stereocenters. The van der Waals surface area contributed by atoms with E-state index in [0.717, 1.165) is 12.8 Å². The Morgan fingerprint density at radius 1 is 1.12 bits per heavy atom. The van der Waals surface area contributed by atoms with E-state index in [2.05, 4.69) is 6.58 Å². The molecule has 0 bridgehead atoms. The van der Waals surface area contributed by atoms with Crippen LogP contribution < -0.4 is 5.73 Å². The van der Waals surface area contributed by atoms with E-state index in [4.69, 9.17) is 5.73 Å².